The van der Waals surface area contributed by atoms with Crippen molar-refractivity contribution in [1.29, 1.82) is 0 Å². The zero-order valence-corrected chi connectivity index (χ0v) is 26.1. The smallest absolute Gasteiger partial charge is 0.319 e. The molecule has 2 bridgehead atoms. The van der Waals surface area contributed by atoms with Crippen molar-refractivity contribution in [1.82, 2.24) is 30.0 Å². The molecule has 4 fully saturated rings. The number of ether oxygens (including phenoxy) is 1. The molecule has 47 heavy (non-hydrogen) atoms. The van der Waals surface area contributed by atoms with Crippen LogP contribution in [0, 0.1) is 18.2 Å². The number of phenols is 1. The fraction of sp³-hybridized carbons (Fsp3) is 0.417. The van der Waals surface area contributed by atoms with E-state index in [9.17, 15) is 9.50 Å². The molecule has 4 aliphatic rings. The number of rotatable bonds is 5. The standard InChI is InChI=1S/C36H35F2N7O2/c1-3-25-29(38)8-5-20-11-24(46)12-26(31(20)25)27-13-30-32(28-18-43(2)42-33(27)28)34(44-16-22-6-7-23(17-44)39-22)41-35(40-30)47-19-36-9-4-10-45(36)15-21(37)14-36/h1,5,8,11-13,18,21-23,39,46H,4,6-7,9-10,14-17,19H2,2H3/t21-,22-,23+,36+/m1/s1. The Kier molecular flexibility index (Phi) is 6.40. The van der Waals surface area contributed by atoms with E-state index in [1.165, 1.54) is 6.07 Å². The number of nitrogens with one attached hydrogen (secondary N) is 1. The van der Waals surface area contributed by atoms with Gasteiger partial charge in [0.15, 0.2) is 0 Å². The summed E-state index contributed by atoms with van der Waals surface area (Å²) in [5, 5.41) is 22.2. The maximum Gasteiger partial charge on any atom is 0.319 e. The van der Waals surface area contributed by atoms with Gasteiger partial charge in [0.05, 0.1) is 22.0 Å². The number of phenolic OH excluding ortho intramolecular Hbond substituents is 1. The highest BCUT2D eigenvalue weighted by atomic mass is 19.1. The number of nitrogens with zero attached hydrogens (tertiary/aromatic N) is 6. The number of fused-ring (bicyclic) bond motifs is 7. The van der Waals surface area contributed by atoms with Gasteiger partial charge < -0.3 is 20.1 Å². The third kappa shape index (κ3) is 4.53. The summed E-state index contributed by atoms with van der Waals surface area (Å²) < 4.78 is 37.9. The molecule has 0 amide bonds. The molecular formula is C36H35F2N7O2. The molecule has 0 spiro atoms. The molecule has 4 atom stereocenters. The first-order valence-corrected chi connectivity index (χ1v) is 16.4. The van der Waals surface area contributed by atoms with E-state index in [4.69, 9.17) is 26.2 Å². The average molecular weight is 636 g/mol. The van der Waals surface area contributed by atoms with Crippen LogP contribution in [0.4, 0.5) is 14.6 Å². The second-order valence-corrected chi connectivity index (χ2v) is 13.8. The molecule has 0 saturated carbocycles. The van der Waals surface area contributed by atoms with Crippen LogP contribution in [0.5, 0.6) is 11.8 Å². The van der Waals surface area contributed by atoms with Gasteiger partial charge in [0, 0.05) is 67.7 Å². The van der Waals surface area contributed by atoms with Crippen LogP contribution in [0.1, 0.15) is 37.7 Å². The Bertz CT molecular complexity index is 2130. The Morgan fingerprint density at radius 2 is 1.94 bits per heavy atom. The van der Waals surface area contributed by atoms with Gasteiger partial charge in [-0.2, -0.15) is 15.1 Å². The molecule has 2 N–H and O–H groups in total. The maximum atomic E-state index is 15.1. The molecule has 5 aromatic rings. The first-order valence-electron chi connectivity index (χ1n) is 16.4. The SMILES string of the molecule is C#Cc1c(F)ccc2cc(O)cc(-c3cc4nc(OC[C@@]56CCCN5C[C@H](F)C6)nc(N5C[C@H]6CC[C@@H](C5)N6)c4c4cn(C)nc34)c12. The van der Waals surface area contributed by atoms with Gasteiger partial charge in [-0.05, 0) is 67.4 Å². The van der Waals surface area contributed by atoms with E-state index < -0.39 is 12.0 Å². The number of aryl methyl sites for hydroxylation is 1. The fourth-order valence-electron chi connectivity index (χ4n) is 8.78. The Morgan fingerprint density at radius 3 is 2.74 bits per heavy atom. The minimum Gasteiger partial charge on any atom is -0.508 e. The van der Waals surface area contributed by atoms with Gasteiger partial charge in [-0.1, -0.05) is 12.0 Å². The van der Waals surface area contributed by atoms with Gasteiger partial charge in [0.2, 0.25) is 0 Å². The van der Waals surface area contributed by atoms with Crippen molar-refractivity contribution in [3.05, 3.63) is 47.9 Å². The number of hydrogen-bond acceptors (Lipinski definition) is 8. The summed E-state index contributed by atoms with van der Waals surface area (Å²) in [6.45, 7) is 3.23. The average Bonchev–Trinajstić information content (AvgIpc) is 3.80. The summed E-state index contributed by atoms with van der Waals surface area (Å²) in [4.78, 5) is 14.6. The van der Waals surface area contributed by atoms with Crippen LogP contribution in [0.25, 0.3) is 43.7 Å². The number of halogens is 2. The molecule has 4 saturated heterocycles. The number of piperazine rings is 1. The van der Waals surface area contributed by atoms with Gasteiger partial charge in [0.25, 0.3) is 0 Å². The lowest BCUT2D eigenvalue weighted by Gasteiger charge is -2.35. The van der Waals surface area contributed by atoms with Crippen LogP contribution < -0.4 is 15.0 Å². The largest absolute Gasteiger partial charge is 0.508 e. The van der Waals surface area contributed by atoms with E-state index in [2.05, 4.69) is 21.0 Å². The predicted octanol–water partition coefficient (Wildman–Crippen LogP) is 5.06. The van der Waals surface area contributed by atoms with Crippen molar-refractivity contribution in [3.8, 4) is 35.2 Å². The topological polar surface area (TPSA) is 91.6 Å². The number of aromatic nitrogens is 4. The number of anilines is 1. The van der Waals surface area contributed by atoms with Crippen LogP contribution in [0.15, 0.2) is 36.5 Å². The van der Waals surface area contributed by atoms with E-state index in [0.29, 0.717) is 64.6 Å². The molecule has 9 nitrogen and oxygen atoms in total. The summed E-state index contributed by atoms with van der Waals surface area (Å²) in [5.74, 6) is 2.82. The van der Waals surface area contributed by atoms with Gasteiger partial charge in [-0.3, -0.25) is 9.58 Å². The quantitative estimate of drug-likeness (QED) is 0.259. The molecule has 6 heterocycles. The van der Waals surface area contributed by atoms with Crippen LogP contribution in [0.3, 0.4) is 0 Å². The first-order chi connectivity index (χ1) is 22.8. The molecule has 4 aliphatic heterocycles. The molecular weight excluding hydrogens is 600 g/mol. The zero-order chi connectivity index (χ0) is 32.0. The van der Waals surface area contributed by atoms with Crippen LogP contribution in [0.2, 0.25) is 0 Å². The molecule has 2 aromatic heterocycles. The lowest BCUT2D eigenvalue weighted by molar-refractivity contribution is 0.107. The van der Waals surface area contributed by atoms with E-state index in [0.717, 1.165) is 61.9 Å². The summed E-state index contributed by atoms with van der Waals surface area (Å²) in [5.41, 5.74) is 2.28. The normalized spacial score (nSPS) is 25.7. The molecule has 240 valence electrons. The number of hydrogen-bond donors (Lipinski definition) is 2. The maximum absolute atomic E-state index is 15.1. The lowest BCUT2D eigenvalue weighted by atomic mass is 9.92. The van der Waals surface area contributed by atoms with Crippen molar-refractivity contribution in [2.75, 3.05) is 37.7 Å². The Morgan fingerprint density at radius 1 is 1.11 bits per heavy atom. The number of terminal acetylenes is 1. The molecule has 0 radical (unpaired) electrons. The molecule has 9 rings (SSSR count). The monoisotopic (exact) mass is 635 g/mol. The van der Waals surface area contributed by atoms with E-state index >= 15 is 4.39 Å². The third-order valence-electron chi connectivity index (χ3n) is 10.8. The van der Waals surface area contributed by atoms with Crippen LogP contribution in [-0.4, -0.2) is 86.3 Å². The van der Waals surface area contributed by atoms with Crippen LogP contribution >= 0.6 is 0 Å². The molecule has 0 aliphatic carbocycles. The van der Waals surface area contributed by atoms with E-state index in [1.54, 1.807) is 22.9 Å². The van der Waals surface area contributed by atoms with Crippen molar-refractivity contribution >= 4 is 38.4 Å². The van der Waals surface area contributed by atoms with Gasteiger partial charge in [-0.25, -0.2) is 8.78 Å². The molecule has 0 unspecified atom stereocenters. The van der Waals surface area contributed by atoms with Gasteiger partial charge in [-0.15, -0.1) is 6.42 Å². The van der Waals surface area contributed by atoms with Crippen molar-refractivity contribution in [3.63, 3.8) is 0 Å². The highest BCUT2D eigenvalue weighted by Gasteiger charge is 2.49. The summed E-state index contributed by atoms with van der Waals surface area (Å²) in [6, 6.07) is 9.03. The lowest BCUT2D eigenvalue weighted by Crippen LogP contribution is -2.51. The van der Waals surface area contributed by atoms with E-state index in [1.807, 2.05) is 19.3 Å². The van der Waals surface area contributed by atoms with Gasteiger partial charge >= 0.3 is 6.01 Å². The summed E-state index contributed by atoms with van der Waals surface area (Å²) in [7, 11) is 1.86. The minimum atomic E-state index is -0.861. The number of alkyl halides is 1. The van der Waals surface area contributed by atoms with Crippen molar-refractivity contribution in [2.45, 2.75) is 55.9 Å². The van der Waals surface area contributed by atoms with Crippen molar-refractivity contribution in [2.24, 2.45) is 7.05 Å². The zero-order valence-electron chi connectivity index (χ0n) is 26.1. The Hall–Kier alpha value is -4.53. The second kappa shape index (κ2) is 10.5. The van der Waals surface area contributed by atoms with Gasteiger partial charge in [0.1, 0.15) is 35.7 Å². The summed E-state index contributed by atoms with van der Waals surface area (Å²) in [6.07, 6.45) is 11.5. The molecule has 3 aromatic carbocycles. The van der Waals surface area contributed by atoms with Crippen molar-refractivity contribution < 1.29 is 18.6 Å². The second-order valence-electron chi connectivity index (χ2n) is 13.8. The first kappa shape index (κ1) is 28.7. The number of aromatic hydroxyl groups is 1. The van der Waals surface area contributed by atoms with E-state index in [-0.39, 0.29) is 22.9 Å². The predicted molar refractivity (Wildman–Crippen MR) is 177 cm³/mol. The third-order valence-corrected chi connectivity index (χ3v) is 10.8. The van der Waals surface area contributed by atoms with Crippen LogP contribution in [-0.2, 0) is 7.05 Å². The minimum absolute atomic E-state index is 0.0260. The highest BCUT2D eigenvalue weighted by Crippen LogP contribution is 2.44. The fourth-order valence-corrected chi connectivity index (χ4v) is 8.78. The Labute approximate surface area is 270 Å². The highest BCUT2D eigenvalue weighted by molar-refractivity contribution is 6.18. The number of benzene rings is 3. The Balaban J connectivity index is 1.27. The summed E-state index contributed by atoms with van der Waals surface area (Å²) >= 11 is 0. The molecule has 11 heteroatoms.